The lowest BCUT2D eigenvalue weighted by Gasteiger charge is -2.23. The Kier molecular flexibility index (Phi) is 7.09. The molecule has 0 rings (SSSR count). The highest BCUT2D eigenvalue weighted by Gasteiger charge is 2.29. The molecule has 17 heavy (non-hydrogen) atoms. The van der Waals surface area contributed by atoms with Gasteiger partial charge >= 0.3 is 6.18 Å². The van der Waals surface area contributed by atoms with Gasteiger partial charge in [0.25, 0.3) is 0 Å². The van der Waals surface area contributed by atoms with Crippen molar-refractivity contribution in [2.75, 3.05) is 26.2 Å². The summed E-state index contributed by atoms with van der Waals surface area (Å²) in [6.45, 7) is 9.02. The van der Waals surface area contributed by atoms with E-state index in [-0.39, 0.29) is 5.54 Å². The van der Waals surface area contributed by atoms with E-state index in [1.165, 1.54) is 4.90 Å². The van der Waals surface area contributed by atoms with Gasteiger partial charge in [0, 0.05) is 5.54 Å². The number of hydrogen-bond acceptors (Lipinski definition) is 2. The molecule has 0 spiro atoms. The van der Waals surface area contributed by atoms with Crippen LogP contribution in [0.15, 0.2) is 0 Å². The molecule has 104 valence electrons. The van der Waals surface area contributed by atoms with Crippen LogP contribution in [-0.2, 0) is 0 Å². The molecule has 5 heteroatoms. The average molecular weight is 254 g/mol. The molecule has 0 atom stereocenters. The number of halogens is 3. The van der Waals surface area contributed by atoms with Gasteiger partial charge in [-0.15, -0.1) is 0 Å². The number of nitrogens with one attached hydrogen (secondary N) is 1. The van der Waals surface area contributed by atoms with Gasteiger partial charge in [0.15, 0.2) is 0 Å². The van der Waals surface area contributed by atoms with Gasteiger partial charge in [-0.25, -0.2) is 0 Å². The zero-order chi connectivity index (χ0) is 13.5. The molecule has 0 heterocycles. The molecule has 0 aromatic heterocycles. The van der Waals surface area contributed by atoms with Crippen molar-refractivity contribution in [3.8, 4) is 0 Å². The van der Waals surface area contributed by atoms with Crippen molar-refractivity contribution >= 4 is 0 Å². The van der Waals surface area contributed by atoms with Crippen molar-refractivity contribution in [2.45, 2.75) is 52.3 Å². The fraction of sp³-hybridized carbons (Fsp3) is 1.00. The predicted octanol–water partition coefficient (Wildman–Crippen LogP) is 3.04. The Morgan fingerprint density at radius 3 is 2.06 bits per heavy atom. The predicted molar refractivity (Wildman–Crippen MR) is 65.2 cm³/mol. The minimum Gasteiger partial charge on any atom is -0.312 e. The standard InChI is InChI=1S/C12H25F3N2/c1-5-17(10-12(13,14)15)9-7-6-8-16-11(2,3)4/h16H,5-10H2,1-4H3. The summed E-state index contributed by atoms with van der Waals surface area (Å²) in [6.07, 6.45) is -2.38. The Morgan fingerprint density at radius 1 is 1.06 bits per heavy atom. The Morgan fingerprint density at radius 2 is 1.65 bits per heavy atom. The van der Waals surface area contributed by atoms with Crippen LogP contribution in [0.2, 0.25) is 0 Å². The van der Waals surface area contributed by atoms with E-state index in [2.05, 4.69) is 26.1 Å². The van der Waals surface area contributed by atoms with Gasteiger partial charge in [0.05, 0.1) is 6.54 Å². The number of rotatable bonds is 7. The van der Waals surface area contributed by atoms with Gasteiger partial charge < -0.3 is 5.32 Å². The summed E-state index contributed by atoms with van der Waals surface area (Å²) in [5.74, 6) is 0. The second-order valence-corrected chi connectivity index (χ2v) is 5.37. The fourth-order valence-corrected chi connectivity index (χ4v) is 1.53. The van der Waals surface area contributed by atoms with E-state index in [0.29, 0.717) is 13.1 Å². The number of hydrogen-bond donors (Lipinski definition) is 1. The molecular formula is C12H25F3N2. The van der Waals surface area contributed by atoms with Crippen molar-refractivity contribution in [3.05, 3.63) is 0 Å². The molecule has 0 fully saturated rings. The third-order valence-electron chi connectivity index (χ3n) is 2.41. The van der Waals surface area contributed by atoms with Crippen LogP contribution in [0.25, 0.3) is 0 Å². The second kappa shape index (κ2) is 7.21. The summed E-state index contributed by atoms with van der Waals surface area (Å²) in [4.78, 5) is 1.44. The lowest BCUT2D eigenvalue weighted by atomic mass is 10.1. The van der Waals surface area contributed by atoms with Crippen molar-refractivity contribution in [2.24, 2.45) is 0 Å². The first-order valence-corrected chi connectivity index (χ1v) is 6.18. The Hall–Kier alpha value is -0.290. The van der Waals surface area contributed by atoms with Crippen LogP contribution in [0.5, 0.6) is 0 Å². The first-order chi connectivity index (χ1) is 7.64. The van der Waals surface area contributed by atoms with Crippen LogP contribution in [-0.4, -0.2) is 42.8 Å². The quantitative estimate of drug-likeness (QED) is 0.702. The van der Waals surface area contributed by atoms with E-state index in [9.17, 15) is 13.2 Å². The summed E-state index contributed by atoms with van der Waals surface area (Å²) in [5.41, 5.74) is 0.0798. The molecule has 0 saturated carbocycles. The Bertz CT molecular complexity index is 197. The van der Waals surface area contributed by atoms with Gasteiger partial charge in [-0.2, -0.15) is 13.2 Å². The minimum absolute atomic E-state index is 0.0798. The summed E-state index contributed by atoms with van der Waals surface area (Å²) in [5, 5.41) is 3.32. The summed E-state index contributed by atoms with van der Waals surface area (Å²) >= 11 is 0. The van der Waals surface area contributed by atoms with Crippen LogP contribution >= 0.6 is 0 Å². The monoisotopic (exact) mass is 254 g/mol. The van der Waals surface area contributed by atoms with Gasteiger partial charge in [0.1, 0.15) is 0 Å². The SMILES string of the molecule is CCN(CCCCNC(C)(C)C)CC(F)(F)F. The van der Waals surface area contributed by atoms with Gasteiger partial charge in [-0.3, -0.25) is 4.90 Å². The third-order valence-corrected chi connectivity index (χ3v) is 2.41. The molecule has 0 unspecified atom stereocenters. The molecule has 1 N–H and O–H groups in total. The molecule has 0 aliphatic rings. The molecule has 0 bridgehead atoms. The molecule has 0 radical (unpaired) electrons. The average Bonchev–Trinajstić information content (AvgIpc) is 2.11. The van der Waals surface area contributed by atoms with Crippen LogP contribution in [0.3, 0.4) is 0 Å². The van der Waals surface area contributed by atoms with Crippen molar-refractivity contribution in [1.82, 2.24) is 10.2 Å². The Labute approximate surface area is 103 Å². The van der Waals surface area contributed by atoms with E-state index in [0.717, 1.165) is 19.4 Å². The largest absolute Gasteiger partial charge is 0.401 e. The number of alkyl halides is 3. The van der Waals surface area contributed by atoms with E-state index >= 15 is 0 Å². The molecule has 0 aromatic carbocycles. The number of unbranched alkanes of at least 4 members (excludes halogenated alkanes) is 1. The Balaban J connectivity index is 3.64. The zero-order valence-electron chi connectivity index (χ0n) is 11.3. The molecule has 0 amide bonds. The first-order valence-electron chi connectivity index (χ1n) is 6.18. The fourth-order valence-electron chi connectivity index (χ4n) is 1.53. The molecule has 0 aromatic rings. The molecule has 0 aliphatic carbocycles. The topological polar surface area (TPSA) is 15.3 Å². The maximum atomic E-state index is 12.2. The smallest absolute Gasteiger partial charge is 0.312 e. The van der Waals surface area contributed by atoms with Crippen molar-refractivity contribution in [3.63, 3.8) is 0 Å². The molecule has 0 aliphatic heterocycles. The first kappa shape index (κ1) is 16.7. The van der Waals surface area contributed by atoms with Crippen molar-refractivity contribution in [1.29, 1.82) is 0 Å². The highest BCUT2D eigenvalue weighted by molar-refractivity contribution is 4.70. The lowest BCUT2D eigenvalue weighted by molar-refractivity contribution is -0.145. The van der Waals surface area contributed by atoms with Crippen LogP contribution in [0, 0.1) is 0 Å². The highest BCUT2D eigenvalue weighted by Crippen LogP contribution is 2.16. The van der Waals surface area contributed by atoms with Crippen LogP contribution in [0.4, 0.5) is 13.2 Å². The van der Waals surface area contributed by atoms with E-state index in [4.69, 9.17) is 0 Å². The molecular weight excluding hydrogens is 229 g/mol. The highest BCUT2D eigenvalue weighted by atomic mass is 19.4. The van der Waals surface area contributed by atoms with E-state index < -0.39 is 12.7 Å². The van der Waals surface area contributed by atoms with E-state index in [1.54, 1.807) is 6.92 Å². The summed E-state index contributed by atoms with van der Waals surface area (Å²) < 4.78 is 36.5. The number of nitrogens with zero attached hydrogens (tertiary/aromatic N) is 1. The van der Waals surface area contributed by atoms with E-state index in [1.807, 2.05) is 0 Å². The maximum Gasteiger partial charge on any atom is 0.401 e. The van der Waals surface area contributed by atoms with Gasteiger partial charge in [-0.05, 0) is 53.2 Å². The molecule has 2 nitrogen and oxygen atoms in total. The summed E-state index contributed by atoms with van der Waals surface area (Å²) in [6, 6.07) is 0. The van der Waals surface area contributed by atoms with Crippen molar-refractivity contribution < 1.29 is 13.2 Å². The van der Waals surface area contributed by atoms with Gasteiger partial charge in [0.2, 0.25) is 0 Å². The lowest BCUT2D eigenvalue weighted by Crippen LogP contribution is -2.37. The maximum absolute atomic E-state index is 12.2. The molecule has 0 saturated heterocycles. The van der Waals surface area contributed by atoms with Gasteiger partial charge in [-0.1, -0.05) is 6.92 Å². The van der Waals surface area contributed by atoms with Crippen LogP contribution in [0.1, 0.15) is 40.5 Å². The second-order valence-electron chi connectivity index (χ2n) is 5.37. The normalized spacial score (nSPS) is 13.4. The van der Waals surface area contributed by atoms with Crippen LogP contribution < -0.4 is 5.32 Å². The zero-order valence-corrected chi connectivity index (χ0v) is 11.3. The third kappa shape index (κ3) is 12.0. The minimum atomic E-state index is -4.08. The summed E-state index contributed by atoms with van der Waals surface area (Å²) in [7, 11) is 0.